The summed E-state index contributed by atoms with van der Waals surface area (Å²) in [6, 6.07) is 6.44. The Morgan fingerprint density at radius 3 is 2.54 bits per heavy atom. The lowest BCUT2D eigenvalue weighted by Gasteiger charge is -2.34. The van der Waals surface area contributed by atoms with Crippen LogP contribution in [0.3, 0.4) is 0 Å². The predicted octanol–water partition coefficient (Wildman–Crippen LogP) is 2.33. The number of hydrogen-bond acceptors (Lipinski definition) is 5. The zero-order chi connectivity index (χ0) is 16.5. The van der Waals surface area contributed by atoms with Gasteiger partial charge in [0, 0.05) is 50.1 Å². The van der Waals surface area contributed by atoms with Crippen molar-refractivity contribution in [2.75, 3.05) is 31.1 Å². The summed E-state index contributed by atoms with van der Waals surface area (Å²) in [6.45, 7) is 3.15. The molecule has 0 atom stereocenters. The van der Waals surface area contributed by atoms with Gasteiger partial charge in [0.05, 0.1) is 0 Å². The van der Waals surface area contributed by atoms with Crippen LogP contribution in [0.1, 0.15) is 24.2 Å². The number of hydrogen-bond donors (Lipinski definition) is 0. The number of aromatic nitrogens is 2. The number of carbonyl (C=O) groups excluding carboxylic acids is 1. The molecule has 1 aliphatic carbocycles. The first-order chi connectivity index (χ1) is 11.7. The SMILES string of the molecule is O=C(C1CC1)N1CCN(c2nc(Cc3ccc(F)cc3)ns2)CC1. The maximum Gasteiger partial charge on any atom is 0.225 e. The van der Waals surface area contributed by atoms with Crippen molar-refractivity contribution in [3.8, 4) is 0 Å². The van der Waals surface area contributed by atoms with E-state index in [0.717, 1.165) is 55.5 Å². The highest BCUT2D eigenvalue weighted by atomic mass is 32.1. The Labute approximate surface area is 144 Å². The molecule has 2 aliphatic rings. The van der Waals surface area contributed by atoms with E-state index in [9.17, 15) is 9.18 Å². The van der Waals surface area contributed by atoms with E-state index < -0.39 is 0 Å². The lowest BCUT2D eigenvalue weighted by molar-refractivity contribution is -0.132. The number of anilines is 1. The molecule has 5 nitrogen and oxygen atoms in total. The number of amides is 1. The summed E-state index contributed by atoms with van der Waals surface area (Å²) in [5.74, 6) is 1.15. The average Bonchev–Trinajstić information content (AvgIpc) is 3.36. The van der Waals surface area contributed by atoms with Crippen molar-refractivity contribution in [3.05, 3.63) is 41.5 Å². The summed E-state index contributed by atoms with van der Waals surface area (Å²) in [6.07, 6.45) is 2.72. The maximum absolute atomic E-state index is 13.0. The third kappa shape index (κ3) is 3.40. The number of piperazine rings is 1. The Kier molecular flexibility index (Phi) is 4.18. The summed E-state index contributed by atoms with van der Waals surface area (Å²) in [4.78, 5) is 20.9. The molecule has 2 aromatic rings. The molecule has 24 heavy (non-hydrogen) atoms. The molecule has 1 saturated carbocycles. The first-order valence-corrected chi connectivity index (χ1v) is 9.07. The Balaban J connectivity index is 1.35. The Morgan fingerprint density at radius 2 is 1.88 bits per heavy atom. The van der Waals surface area contributed by atoms with E-state index in [4.69, 9.17) is 0 Å². The fourth-order valence-electron chi connectivity index (χ4n) is 2.94. The molecular formula is C17H19FN4OS. The number of carbonyl (C=O) groups is 1. The minimum Gasteiger partial charge on any atom is -0.343 e. The van der Waals surface area contributed by atoms with Crippen LogP contribution in [0, 0.1) is 11.7 Å². The highest BCUT2D eigenvalue weighted by molar-refractivity contribution is 7.09. The third-order valence-corrected chi connectivity index (χ3v) is 5.34. The lowest BCUT2D eigenvalue weighted by Crippen LogP contribution is -2.49. The second-order valence-electron chi connectivity index (χ2n) is 6.38. The number of rotatable bonds is 4. The van der Waals surface area contributed by atoms with Gasteiger partial charge in [-0.25, -0.2) is 9.37 Å². The van der Waals surface area contributed by atoms with Crippen LogP contribution >= 0.6 is 11.5 Å². The summed E-state index contributed by atoms with van der Waals surface area (Å²) >= 11 is 1.39. The number of halogens is 1. The molecule has 2 fully saturated rings. The molecule has 1 saturated heterocycles. The van der Waals surface area contributed by atoms with Crippen molar-refractivity contribution in [2.45, 2.75) is 19.3 Å². The summed E-state index contributed by atoms with van der Waals surface area (Å²) in [7, 11) is 0. The number of nitrogens with zero attached hydrogens (tertiary/aromatic N) is 4. The second kappa shape index (κ2) is 6.47. The molecule has 126 valence electrons. The van der Waals surface area contributed by atoms with E-state index in [2.05, 4.69) is 14.3 Å². The van der Waals surface area contributed by atoms with Crippen LogP contribution < -0.4 is 4.90 Å². The van der Waals surface area contributed by atoms with Gasteiger partial charge in [0.15, 0.2) is 0 Å². The highest BCUT2D eigenvalue weighted by Gasteiger charge is 2.34. The molecule has 1 aliphatic heterocycles. The van der Waals surface area contributed by atoms with Crippen LogP contribution in [-0.4, -0.2) is 46.3 Å². The minimum absolute atomic E-state index is 0.232. The molecule has 7 heteroatoms. The van der Waals surface area contributed by atoms with E-state index in [0.29, 0.717) is 18.2 Å². The van der Waals surface area contributed by atoms with Gasteiger partial charge in [-0.2, -0.15) is 4.37 Å². The number of benzene rings is 1. The monoisotopic (exact) mass is 346 g/mol. The molecule has 0 unspecified atom stereocenters. The summed E-state index contributed by atoms with van der Waals surface area (Å²) in [5, 5.41) is 0.908. The van der Waals surface area contributed by atoms with E-state index in [-0.39, 0.29) is 5.82 Å². The van der Waals surface area contributed by atoms with Gasteiger partial charge in [-0.15, -0.1) is 0 Å². The maximum atomic E-state index is 13.0. The van der Waals surface area contributed by atoms with Gasteiger partial charge < -0.3 is 9.80 Å². The zero-order valence-corrected chi connectivity index (χ0v) is 14.1. The molecule has 0 spiro atoms. The normalized spacial score (nSPS) is 18.0. The van der Waals surface area contributed by atoms with Gasteiger partial charge in [-0.1, -0.05) is 12.1 Å². The van der Waals surface area contributed by atoms with Crippen molar-refractivity contribution in [2.24, 2.45) is 5.92 Å². The molecule has 0 N–H and O–H groups in total. The molecule has 4 rings (SSSR count). The van der Waals surface area contributed by atoms with Crippen LogP contribution in [0.15, 0.2) is 24.3 Å². The molecule has 2 heterocycles. The van der Waals surface area contributed by atoms with Gasteiger partial charge in [0.25, 0.3) is 0 Å². The molecule has 1 aromatic carbocycles. The molecule has 1 amide bonds. The standard InChI is InChI=1S/C17H19FN4OS/c18-14-5-1-12(2-6-14)11-15-19-17(24-20-15)22-9-7-21(8-10-22)16(23)13-3-4-13/h1-2,5-6,13H,3-4,7-11H2. The largest absolute Gasteiger partial charge is 0.343 e. The first-order valence-electron chi connectivity index (χ1n) is 8.30. The van der Waals surface area contributed by atoms with Crippen LogP contribution in [0.4, 0.5) is 9.52 Å². The zero-order valence-electron chi connectivity index (χ0n) is 13.3. The minimum atomic E-state index is -0.232. The van der Waals surface area contributed by atoms with Gasteiger partial charge in [0.2, 0.25) is 11.0 Å². The Bertz CT molecular complexity index is 720. The van der Waals surface area contributed by atoms with Gasteiger partial charge in [0.1, 0.15) is 11.6 Å². The fraction of sp³-hybridized carbons (Fsp3) is 0.471. The first kappa shape index (κ1) is 15.5. The van der Waals surface area contributed by atoms with Crippen LogP contribution in [-0.2, 0) is 11.2 Å². The van der Waals surface area contributed by atoms with Gasteiger partial charge in [-0.3, -0.25) is 4.79 Å². The fourth-order valence-corrected chi connectivity index (χ4v) is 3.67. The van der Waals surface area contributed by atoms with Gasteiger partial charge >= 0.3 is 0 Å². The van der Waals surface area contributed by atoms with Crippen molar-refractivity contribution < 1.29 is 9.18 Å². The molecular weight excluding hydrogens is 327 g/mol. The Morgan fingerprint density at radius 1 is 1.17 bits per heavy atom. The van der Waals surface area contributed by atoms with E-state index in [1.165, 1.54) is 23.7 Å². The van der Waals surface area contributed by atoms with E-state index in [1.54, 1.807) is 12.1 Å². The second-order valence-corrected chi connectivity index (χ2v) is 7.11. The molecule has 0 bridgehead atoms. The van der Waals surface area contributed by atoms with Crippen LogP contribution in [0.5, 0.6) is 0 Å². The lowest BCUT2D eigenvalue weighted by atomic mass is 10.1. The average molecular weight is 346 g/mol. The smallest absolute Gasteiger partial charge is 0.225 e. The predicted molar refractivity (Wildman–Crippen MR) is 90.6 cm³/mol. The van der Waals surface area contributed by atoms with Crippen molar-refractivity contribution >= 4 is 22.6 Å². The Hall–Kier alpha value is -2.02. The van der Waals surface area contributed by atoms with Crippen molar-refractivity contribution in [1.82, 2.24) is 14.3 Å². The van der Waals surface area contributed by atoms with E-state index >= 15 is 0 Å². The molecule has 1 aromatic heterocycles. The van der Waals surface area contributed by atoms with Crippen LogP contribution in [0.25, 0.3) is 0 Å². The van der Waals surface area contributed by atoms with E-state index in [1.807, 2.05) is 4.90 Å². The third-order valence-electron chi connectivity index (χ3n) is 4.52. The summed E-state index contributed by atoms with van der Waals surface area (Å²) < 4.78 is 17.4. The summed E-state index contributed by atoms with van der Waals surface area (Å²) in [5.41, 5.74) is 1.00. The van der Waals surface area contributed by atoms with Crippen molar-refractivity contribution in [3.63, 3.8) is 0 Å². The van der Waals surface area contributed by atoms with Gasteiger partial charge in [-0.05, 0) is 30.5 Å². The topological polar surface area (TPSA) is 49.3 Å². The highest BCUT2D eigenvalue weighted by Crippen LogP contribution is 2.31. The van der Waals surface area contributed by atoms with Crippen LogP contribution in [0.2, 0.25) is 0 Å². The molecule has 0 radical (unpaired) electrons. The van der Waals surface area contributed by atoms with Crippen molar-refractivity contribution in [1.29, 1.82) is 0 Å². The quantitative estimate of drug-likeness (QED) is 0.853.